The molecule has 0 N–H and O–H groups in total. The van der Waals surface area contributed by atoms with Crippen LogP contribution in [0.4, 0.5) is 0 Å². The molecule has 0 spiro atoms. The minimum absolute atomic E-state index is 0.0946. The molecule has 1 heterocycles. The predicted octanol–water partition coefficient (Wildman–Crippen LogP) is 7.07. The van der Waals surface area contributed by atoms with E-state index in [1.807, 2.05) is 18.2 Å². The van der Waals surface area contributed by atoms with Crippen LogP contribution in [0.25, 0.3) is 0 Å². The molecule has 5 atom stereocenters. The van der Waals surface area contributed by atoms with Gasteiger partial charge in [-0.15, -0.1) is 0 Å². The van der Waals surface area contributed by atoms with Crippen LogP contribution in [-0.2, 0) is 18.3 Å². The van der Waals surface area contributed by atoms with Crippen LogP contribution in [0.2, 0.25) is 36.3 Å². The van der Waals surface area contributed by atoms with Gasteiger partial charge >= 0.3 is 0 Å². The van der Waals surface area contributed by atoms with Crippen LogP contribution in [-0.4, -0.2) is 41.6 Å². The number of benzene rings is 1. The summed E-state index contributed by atoms with van der Waals surface area (Å²) in [6, 6.07) is 10.2. The van der Waals surface area contributed by atoms with E-state index in [1.54, 1.807) is 0 Å². The average molecular weight is 477 g/mol. The molecule has 1 aliphatic carbocycles. The van der Waals surface area contributed by atoms with Gasteiger partial charge < -0.3 is 18.3 Å². The third-order valence-electron chi connectivity index (χ3n) is 7.88. The van der Waals surface area contributed by atoms with Crippen molar-refractivity contribution >= 4 is 16.6 Å². The Kier molecular flexibility index (Phi) is 7.37. The van der Waals surface area contributed by atoms with E-state index in [0.717, 1.165) is 5.56 Å². The molecular weight excluding hydrogens is 432 g/mol. The summed E-state index contributed by atoms with van der Waals surface area (Å²) >= 11 is 0. The Hall–Kier alpha value is -0.766. The summed E-state index contributed by atoms with van der Waals surface area (Å²) in [6.07, 6.45) is 3.73. The quantitative estimate of drug-likeness (QED) is 0.336. The Labute approximate surface area is 197 Å². The Balaban J connectivity index is 1.93. The molecule has 1 aliphatic heterocycles. The molecular formula is C26H44O4Si2. The van der Waals surface area contributed by atoms with Gasteiger partial charge in [-0.1, -0.05) is 84.0 Å². The third-order valence-corrected chi connectivity index (χ3v) is 16.8. The normalized spacial score (nSPS) is 29.6. The minimum Gasteiger partial charge on any atom is -0.408 e. The van der Waals surface area contributed by atoms with Gasteiger partial charge in [-0.25, -0.2) is 0 Å². The Bertz CT molecular complexity index is 792. The lowest BCUT2D eigenvalue weighted by molar-refractivity contribution is -0.260. The summed E-state index contributed by atoms with van der Waals surface area (Å²) < 4.78 is 26.8. The second-order valence-corrected chi connectivity index (χ2v) is 21.9. The van der Waals surface area contributed by atoms with E-state index >= 15 is 0 Å². The zero-order valence-corrected chi connectivity index (χ0v) is 23.8. The molecule has 1 fully saturated rings. The van der Waals surface area contributed by atoms with E-state index in [9.17, 15) is 0 Å². The summed E-state index contributed by atoms with van der Waals surface area (Å²) in [5.74, 6) is 0.170. The maximum atomic E-state index is 7.07. The van der Waals surface area contributed by atoms with Crippen molar-refractivity contribution in [1.29, 1.82) is 0 Å². The first-order valence-electron chi connectivity index (χ1n) is 12.0. The zero-order valence-electron chi connectivity index (χ0n) is 21.8. The van der Waals surface area contributed by atoms with Gasteiger partial charge in [-0.3, -0.25) is 0 Å². The summed E-state index contributed by atoms with van der Waals surface area (Å²) in [4.78, 5) is 0. The third kappa shape index (κ3) is 5.48. The molecule has 1 unspecified atom stereocenters. The summed E-state index contributed by atoms with van der Waals surface area (Å²) in [6.45, 7) is 23.6. The minimum atomic E-state index is -2.05. The smallest absolute Gasteiger partial charge is 0.193 e. The first-order valence-corrected chi connectivity index (χ1v) is 17.8. The summed E-state index contributed by atoms with van der Waals surface area (Å²) in [5, 5.41) is 0.234. The second-order valence-electron chi connectivity index (χ2n) is 12.4. The molecule has 0 aromatic heterocycles. The highest BCUT2D eigenvalue weighted by atomic mass is 28.4. The number of hydrogen-bond acceptors (Lipinski definition) is 4. The summed E-state index contributed by atoms with van der Waals surface area (Å²) in [5.41, 5.74) is 1.05. The van der Waals surface area contributed by atoms with Crippen LogP contribution in [0, 0.1) is 5.92 Å². The lowest BCUT2D eigenvalue weighted by Gasteiger charge is -2.50. The summed E-state index contributed by atoms with van der Waals surface area (Å²) in [7, 11) is -4.05. The van der Waals surface area contributed by atoms with Gasteiger partial charge in [-0.05, 0) is 36.3 Å². The van der Waals surface area contributed by atoms with Crippen molar-refractivity contribution in [2.45, 2.75) is 102 Å². The van der Waals surface area contributed by atoms with Crippen molar-refractivity contribution in [3.8, 4) is 0 Å². The first kappa shape index (κ1) is 25.8. The highest BCUT2D eigenvalue weighted by molar-refractivity contribution is 6.74. The SMILES string of the molecule is CC(C)(C)[Si](C)(C)O[C@H]1[C@@H]2OC(c3ccccc3)OC[C@H]2C=C[C@@H]1O[Si](C)(C)C(C)(C)C. The number of rotatable bonds is 5. The Morgan fingerprint density at radius 3 is 1.94 bits per heavy atom. The number of fused-ring (bicyclic) bond motifs is 1. The highest BCUT2D eigenvalue weighted by Crippen LogP contribution is 2.44. The Morgan fingerprint density at radius 2 is 1.38 bits per heavy atom. The van der Waals surface area contributed by atoms with Gasteiger partial charge in [0.05, 0.1) is 18.8 Å². The second kappa shape index (κ2) is 9.12. The van der Waals surface area contributed by atoms with Gasteiger partial charge in [0.2, 0.25) is 0 Å². The molecule has 0 amide bonds. The fourth-order valence-corrected chi connectivity index (χ4v) is 6.22. The fourth-order valence-electron chi connectivity index (χ4n) is 3.67. The molecule has 0 radical (unpaired) electrons. The van der Waals surface area contributed by atoms with E-state index in [1.165, 1.54) is 0 Å². The van der Waals surface area contributed by atoms with E-state index in [0.29, 0.717) is 6.61 Å². The number of hydrogen-bond donors (Lipinski definition) is 0. The van der Waals surface area contributed by atoms with Gasteiger partial charge in [0.15, 0.2) is 22.9 Å². The van der Waals surface area contributed by atoms with Crippen LogP contribution in [0.3, 0.4) is 0 Å². The monoisotopic (exact) mass is 476 g/mol. The van der Waals surface area contributed by atoms with E-state index in [4.69, 9.17) is 18.3 Å². The van der Waals surface area contributed by atoms with E-state index in [-0.39, 0.29) is 40.6 Å². The lowest BCUT2D eigenvalue weighted by atomic mass is 9.88. The first-order chi connectivity index (χ1) is 14.6. The van der Waals surface area contributed by atoms with Crippen LogP contribution < -0.4 is 0 Å². The predicted molar refractivity (Wildman–Crippen MR) is 137 cm³/mol. The van der Waals surface area contributed by atoms with Crippen molar-refractivity contribution in [2.24, 2.45) is 5.92 Å². The molecule has 1 aromatic rings. The standard InChI is InChI=1S/C26H44O4Si2/c1-25(2,3)31(7,8)29-21-17-16-20-18-27-24(19-14-12-11-13-15-19)28-22(20)23(21)30-32(9,10)26(4,5)6/h11-17,20-24H,18H2,1-10H3/t20-,21+,22-,23-,24?/m1/s1. The molecule has 2 aliphatic rings. The van der Waals surface area contributed by atoms with Crippen molar-refractivity contribution in [1.82, 2.24) is 0 Å². The molecule has 1 saturated heterocycles. The van der Waals surface area contributed by atoms with Crippen molar-refractivity contribution in [3.05, 3.63) is 48.0 Å². The molecule has 0 bridgehead atoms. The topological polar surface area (TPSA) is 36.9 Å². The van der Waals surface area contributed by atoms with Crippen LogP contribution in [0.5, 0.6) is 0 Å². The van der Waals surface area contributed by atoms with Crippen LogP contribution >= 0.6 is 0 Å². The molecule has 6 heteroatoms. The van der Waals surface area contributed by atoms with Crippen molar-refractivity contribution in [3.63, 3.8) is 0 Å². The van der Waals surface area contributed by atoms with Gasteiger partial charge in [0.25, 0.3) is 0 Å². The van der Waals surface area contributed by atoms with E-state index in [2.05, 4.69) is 92.0 Å². The highest BCUT2D eigenvalue weighted by Gasteiger charge is 2.50. The zero-order chi connectivity index (χ0) is 23.9. The number of ether oxygens (including phenoxy) is 2. The maximum Gasteiger partial charge on any atom is 0.193 e. The molecule has 4 nitrogen and oxygen atoms in total. The van der Waals surface area contributed by atoms with Crippen molar-refractivity contribution < 1.29 is 18.3 Å². The maximum absolute atomic E-state index is 7.07. The van der Waals surface area contributed by atoms with Gasteiger partial charge in [-0.2, -0.15) is 0 Å². The van der Waals surface area contributed by atoms with Gasteiger partial charge in [0, 0.05) is 11.5 Å². The molecule has 32 heavy (non-hydrogen) atoms. The molecule has 1 aromatic carbocycles. The molecule has 3 rings (SSSR count). The van der Waals surface area contributed by atoms with Crippen molar-refractivity contribution in [2.75, 3.05) is 6.61 Å². The van der Waals surface area contributed by atoms with Gasteiger partial charge in [0.1, 0.15) is 6.10 Å². The average Bonchev–Trinajstić information content (AvgIpc) is 2.68. The fraction of sp³-hybridized carbons (Fsp3) is 0.692. The van der Waals surface area contributed by atoms with Crippen LogP contribution in [0.15, 0.2) is 42.5 Å². The molecule has 0 saturated carbocycles. The largest absolute Gasteiger partial charge is 0.408 e. The van der Waals surface area contributed by atoms with Crippen LogP contribution in [0.1, 0.15) is 53.4 Å². The Morgan fingerprint density at radius 1 is 0.812 bits per heavy atom. The molecule has 180 valence electrons. The lowest BCUT2D eigenvalue weighted by Crippen LogP contribution is -2.59. The van der Waals surface area contributed by atoms with E-state index < -0.39 is 16.6 Å².